The SMILES string of the molecule is COc1ccc(N2CCN(C(=O)c3csc(CSc4nnc(-c5ccco5)n4-c4ccccc4F)n3)CC2)cc1. The van der Waals surface area contributed by atoms with E-state index < -0.39 is 5.82 Å². The van der Waals surface area contributed by atoms with Gasteiger partial charge >= 0.3 is 0 Å². The van der Waals surface area contributed by atoms with Gasteiger partial charge in [0.1, 0.15) is 22.3 Å². The minimum atomic E-state index is -0.397. The predicted octanol–water partition coefficient (Wildman–Crippen LogP) is 5.39. The number of thiazole rings is 1. The predicted molar refractivity (Wildman–Crippen MR) is 152 cm³/mol. The molecular weight excluding hydrogens is 551 g/mol. The zero-order valence-corrected chi connectivity index (χ0v) is 23.2. The van der Waals surface area contributed by atoms with Crippen molar-refractivity contribution in [1.29, 1.82) is 0 Å². The minimum absolute atomic E-state index is 0.0727. The molecule has 204 valence electrons. The maximum atomic E-state index is 14.8. The fourth-order valence-corrected chi connectivity index (χ4v) is 6.23. The van der Waals surface area contributed by atoms with Gasteiger partial charge in [0.25, 0.3) is 5.91 Å². The topological polar surface area (TPSA) is 89.5 Å². The quantitative estimate of drug-likeness (QED) is 0.227. The first-order valence-corrected chi connectivity index (χ1v) is 14.5. The number of carbonyl (C=O) groups excluding carboxylic acids is 1. The molecule has 1 saturated heterocycles. The second-order valence-corrected chi connectivity index (χ2v) is 10.8. The summed E-state index contributed by atoms with van der Waals surface area (Å²) in [7, 11) is 1.65. The Bertz CT molecular complexity index is 1590. The number of benzene rings is 2. The molecule has 0 bridgehead atoms. The molecule has 0 spiro atoms. The number of methoxy groups -OCH3 is 1. The van der Waals surface area contributed by atoms with E-state index in [1.54, 1.807) is 47.4 Å². The highest BCUT2D eigenvalue weighted by Gasteiger charge is 2.25. The van der Waals surface area contributed by atoms with E-state index in [2.05, 4.69) is 20.1 Å². The Balaban J connectivity index is 1.12. The van der Waals surface area contributed by atoms with E-state index in [1.165, 1.54) is 35.4 Å². The number of anilines is 1. The molecule has 1 aliphatic heterocycles. The van der Waals surface area contributed by atoms with Crippen molar-refractivity contribution in [2.24, 2.45) is 0 Å². The van der Waals surface area contributed by atoms with Gasteiger partial charge in [-0.3, -0.25) is 9.36 Å². The zero-order valence-electron chi connectivity index (χ0n) is 21.6. The van der Waals surface area contributed by atoms with E-state index in [0.29, 0.717) is 47.0 Å². The van der Waals surface area contributed by atoms with Crippen LogP contribution in [0.1, 0.15) is 15.5 Å². The first-order valence-electron chi connectivity index (χ1n) is 12.6. The van der Waals surface area contributed by atoms with Crippen molar-refractivity contribution in [2.45, 2.75) is 10.9 Å². The Hall–Kier alpha value is -4.16. The number of hydrogen-bond donors (Lipinski definition) is 0. The molecule has 9 nitrogen and oxygen atoms in total. The molecule has 4 heterocycles. The summed E-state index contributed by atoms with van der Waals surface area (Å²) in [6.07, 6.45) is 1.54. The van der Waals surface area contributed by atoms with Crippen LogP contribution in [-0.4, -0.2) is 63.8 Å². The van der Waals surface area contributed by atoms with Crippen molar-refractivity contribution < 1.29 is 18.3 Å². The van der Waals surface area contributed by atoms with Gasteiger partial charge in [-0.25, -0.2) is 9.37 Å². The van der Waals surface area contributed by atoms with Crippen LogP contribution in [0.5, 0.6) is 5.75 Å². The minimum Gasteiger partial charge on any atom is -0.497 e. The largest absolute Gasteiger partial charge is 0.497 e. The third kappa shape index (κ3) is 5.32. The van der Waals surface area contributed by atoms with Crippen LogP contribution in [0, 0.1) is 5.82 Å². The molecule has 3 aromatic heterocycles. The molecule has 40 heavy (non-hydrogen) atoms. The summed E-state index contributed by atoms with van der Waals surface area (Å²) < 4.78 is 27.2. The summed E-state index contributed by atoms with van der Waals surface area (Å²) in [6.45, 7) is 2.73. The van der Waals surface area contributed by atoms with Crippen molar-refractivity contribution in [3.05, 3.63) is 88.8 Å². The number of piperazine rings is 1. The Morgan fingerprint density at radius 1 is 1.05 bits per heavy atom. The first kappa shape index (κ1) is 26.1. The zero-order chi connectivity index (χ0) is 27.5. The second kappa shape index (κ2) is 11.5. The smallest absolute Gasteiger partial charge is 0.273 e. The molecule has 5 aromatic rings. The number of hydrogen-bond acceptors (Lipinski definition) is 9. The third-order valence-corrected chi connectivity index (χ3v) is 8.54. The van der Waals surface area contributed by atoms with E-state index in [4.69, 9.17) is 9.15 Å². The van der Waals surface area contributed by atoms with Gasteiger partial charge in [0, 0.05) is 37.2 Å². The average Bonchev–Trinajstić information content (AvgIpc) is 3.77. The van der Waals surface area contributed by atoms with Gasteiger partial charge in [-0.05, 0) is 48.5 Å². The van der Waals surface area contributed by atoms with Crippen LogP contribution in [0.3, 0.4) is 0 Å². The maximum Gasteiger partial charge on any atom is 0.273 e. The molecule has 2 aromatic carbocycles. The number of thioether (sulfide) groups is 1. The number of nitrogens with zero attached hydrogens (tertiary/aromatic N) is 6. The van der Waals surface area contributed by atoms with E-state index in [1.807, 2.05) is 29.2 Å². The monoisotopic (exact) mass is 576 g/mol. The van der Waals surface area contributed by atoms with Gasteiger partial charge in [0.05, 0.1) is 24.8 Å². The van der Waals surface area contributed by atoms with Crippen molar-refractivity contribution in [1.82, 2.24) is 24.6 Å². The average molecular weight is 577 g/mol. The molecule has 12 heteroatoms. The van der Waals surface area contributed by atoms with Crippen LogP contribution in [0.25, 0.3) is 17.3 Å². The molecule has 0 radical (unpaired) electrons. The number of para-hydroxylation sites is 1. The number of ether oxygens (including phenoxy) is 1. The first-order chi connectivity index (χ1) is 19.6. The highest BCUT2D eigenvalue weighted by molar-refractivity contribution is 7.98. The number of amides is 1. The van der Waals surface area contributed by atoms with Crippen LogP contribution in [0.2, 0.25) is 0 Å². The van der Waals surface area contributed by atoms with E-state index >= 15 is 0 Å². The fraction of sp³-hybridized carbons (Fsp3) is 0.214. The van der Waals surface area contributed by atoms with Gasteiger partial charge in [-0.1, -0.05) is 23.9 Å². The van der Waals surface area contributed by atoms with Crippen LogP contribution in [0.4, 0.5) is 10.1 Å². The normalized spacial score (nSPS) is 13.6. The number of carbonyl (C=O) groups is 1. The summed E-state index contributed by atoms with van der Waals surface area (Å²) in [5.41, 5.74) is 1.87. The van der Waals surface area contributed by atoms with Crippen molar-refractivity contribution in [3.63, 3.8) is 0 Å². The molecule has 1 aliphatic rings. The number of aromatic nitrogens is 4. The van der Waals surface area contributed by atoms with Crippen molar-refractivity contribution >= 4 is 34.7 Å². The molecule has 0 N–H and O–H groups in total. The van der Waals surface area contributed by atoms with E-state index in [-0.39, 0.29) is 5.91 Å². The Kier molecular flexibility index (Phi) is 7.51. The summed E-state index contributed by atoms with van der Waals surface area (Å²) in [5, 5.41) is 11.6. The lowest BCUT2D eigenvalue weighted by Gasteiger charge is -2.35. The van der Waals surface area contributed by atoms with Gasteiger partial charge in [0.15, 0.2) is 10.9 Å². The lowest BCUT2D eigenvalue weighted by molar-refractivity contribution is 0.0741. The highest BCUT2D eigenvalue weighted by Crippen LogP contribution is 2.31. The van der Waals surface area contributed by atoms with Gasteiger partial charge < -0.3 is 19.0 Å². The Morgan fingerprint density at radius 3 is 2.58 bits per heavy atom. The van der Waals surface area contributed by atoms with Crippen LogP contribution in [0.15, 0.2) is 81.9 Å². The second-order valence-electron chi connectivity index (χ2n) is 8.96. The molecule has 1 amide bonds. The summed E-state index contributed by atoms with van der Waals surface area (Å²) in [5.74, 6) is 1.69. The maximum absolute atomic E-state index is 14.8. The molecule has 0 atom stereocenters. The lowest BCUT2D eigenvalue weighted by Crippen LogP contribution is -2.48. The van der Waals surface area contributed by atoms with Gasteiger partial charge in [0.2, 0.25) is 5.82 Å². The third-order valence-electron chi connectivity index (χ3n) is 6.57. The summed E-state index contributed by atoms with van der Waals surface area (Å²) >= 11 is 2.79. The van der Waals surface area contributed by atoms with Crippen LogP contribution < -0.4 is 9.64 Å². The standard InChI is InChI=1S/C28H25FN6O3S2/c1-37-20-10-8-19(9-11-20)33-12-14-34(15-13-33)27(36)22-17-39-25(30-22)18-40-28-32-31-26(24-7-4-16-38-24)35(28)23-6-3-2-5-21(23)29/h2-11,16-17H,12-15,18H2,1H3. The van der Waals surface area contributed by atoms with Crippen molar-refractivity contribution in [2.75, 3.05) is 38.2 Å². The van der Waals surface area contributed by atoms with Gasteiger partial charge in [-0.2, -0.15) is 0 Å². The lowest BCUT2D eigenvalue weighted by atomic mass is 10.2. The molecule has 6 rings (SSSR count). The van der Waals surface area contributed by atoms with Crippen molar-refractivity contribution in [3.8, 4) is 23.0 Å². The number of halogens is 1. The molecule has 0 aliphatic carbocycles. The highest BCUT2D eigenvalue weighted by atomic mass is 32.2. The van der Waals surface area contributed by atoms with E-state index in [9.17, 15) is 9.18 Å². The van der Waals surface area contributed by atoms with E-state index in [0.717, 1.165) is 29.5 Å². The van der Waals surface area contributed by atoms with Crippen LogP contribution in [-0.2, 0) is 5.75 Å². The Morgan fingerprint density at radius 2 is 1.85 bits per heavy atom. The van der Waals surface area contributed by atoms with Crippen LogP contribution >= 0.6 is 23.1 Å². The molecular formula is C28H25FN6O3S2. The summed E-state index contributed by atoms with van der Waals surface area (Å²) in [4.78, 5) is 21.9. The summed E-state index contributed by atoms with van der Waals surface area (Å²) in [6, 6.07) is 17.9. The molecule has 1 fully saturated rings. The molecule has 0 unspecified atom stereocenters. The molecule has 0 saturated carbocycles. The van der Waals surface area contributed by atoms with Gasteiger partial charge in [-0.15, -0.1) is 21.5 Å². The number of furan rings is 1. The Labute approximate surface area is 238 Å². The fourth-order valence-electron chi connectivity index (χ4n) is 4.50. The number of rotatable bonds is 8.